The van der Waals surface area contributed by atoms with E-state index in [0.717, 1.165) is 79.3 Å². The molecule has 0 saturated heterocycles. The van der Waals surface area contributed by atoms with Crippen LogP contribution in [0, 0.1) is 0 Å². The van der Waals surface area contributed by atoms with Crippen molar-refractivity contribution in [2.75, 3.05) is 0 Å². The summed E-state index contributed by atoms with van der Waals surface area (Å²) in [5.41, 5.74) is 9.91. The van der Waals surface area contributed by atoms with Gasteiger partial charge in [-0.05, 0) is 71.5 Å². The van der Waals surface area contributed by atoms with Crippen molar-refractivity contribution >= 4 is 64.4 Å². The fraction of sp³-hybridized carbons (Fsp3) is 0.113. The van der Waals surface area contributed by atoms with Gasteiger partial charge in [0.1, 0.15) is 17.0 Å². The first-order valence-corrected chi connectivity index (χ1v) is 21.6. The molecule has 0 N–H and O–H groups in total. The lowest BCUT2D eigenvalue weighted by atomic mass is 9.88. The number of benzene rings is 7. The highest BCUT2D eigenvalue weighted by Crippen LogP contribution is 2.43. The van der Waals surface area contributed by atoms with Crippen LogP contribution in [-0.4, -0.2) is 24.9 Å². The van der Waals surface area contributed by atoms with Gasteiger partial charge in [-0.2, -0.15) is 0 Å². The van der Waals surface area contributed by atoms with Gasteiger partial charge in [-0.1, -0.05) is 135 Å². The molecule has 4 heterocycles. The van der Waals surface area contributed by atoms with Gasteiger partial charge >= 0.3 is 0 Å². The molecule has 0 amide bonds. The quantitative estimate of drug-likeness (QED) is 0.167. The Morgan fingerprint density at radius 3 is 2.00 bits per heavy atom. The third-order valence-corrected chi connectivity index (χ3v) is 13.4. The van der Waals surface area contributed by atoms with Gasteiger partial charge in [0.25, 0.3) is 0 Å². The van der Waals surface area contributed by atoms with E-state index in [0.29, 0.717) is 23.4 Å². The lowest BCUT2D eigenvalue weighted by Gasteiger charge is -2.21. The van der Waals surface area contributed by atoms with Crippen LogP contribution in [0.5, 0.6) is 0 Å². The topological polar surface area (TPSA) is 77.6 Å². The van der Waals surface area contributed by atoms with E-state index in [4.69, 9.17) is 29.3 Å². The number of aromatic nitrogens is 5. The second-order valence-corrected chi connectivity index (χ2v) is 16.9. The number of nitrogens with zero attached hydrogens (tertiary/aromatic N) is 5. The largest absolute Gasteiger partial charge is 0.455 e. The minimum Gasteiger partial charge on any atom is -0.455 e. The maximum Gasteiger partial charge on any atom is 0.167 e. The summed E-state index contributed by atoms with van der Waals surface area (Å²) in [6.07, 6.45) is 7.74. The van der Waals surface area contributed by atoms with Crippen molar-refractivity contribution in [2.24, 2.45) is 0 Å². The summed E-state index contributed by atoms with van der Waals surface area (Å²) in [4.78, 5) is 25.6. The van der Waals surface area contributed by atoms with Crippen LogP contribution in [0.3, 0.4) is 0 Å². The summed E-state index contributed by atoms with van der Waals surface area (Å²) in [6.45, 7) is 0. The minimum atomic E-state index is 0.292. The summed E-state index contributed by atoms with van der Waals surface area (Å²) in [5.74, 6) is 3.25. The van der Waals surface area contributed by atoms with Gasteiger partial charge in [0.15, 0.2) is 17.5 Å². The second-order valence-electron chi connectivity index (χ2n) is 15.8. The average Bonchev–Trinajstić information content (AvgIpc) is 3.90. The highest BCUT2D eigenvalue weighted by atomic mass is 32.1. The molecule has 1 saturated carbocycles. The van der Waals surface area contributed by atoms with Crippen molar-refractivity contribution in [2.45, 2.75) is 38.0 Å². The molecular weight excluding hydrogens is 755 g/mol. The molecule has 60 heavy (non-hydrogen) atoms. The van der Waals surface area contributed by atoms with Crippen LogP contribution >= 0.6 is 11.3 Å². The number of hydrogen-bond donors (Lipinski definition) is 0. The van der Waals surface area contributed by atoms with Crippen LogP contribution < -0.4 is 0 Å². The summed E-state index contributed by atoms with van der Waals surface area (Å²) in [6, 6.07) is 53.0. The standard InChI is InChI=1S/C53H37N5OS/c1-4-13-32(14-5-1)35-25-28-39-41-21-11-23-43(49(41)60-47(39)30-35)53-57-51(34-17-8-3-9-18-34)56-52(58-53)42-22-10-20-40-38-27-26-36(29-46(38)59-48(40)42)37-19-12-24-45-44(37)31-54-50(55-45)33-15-6-2-7-16-33/h1-2,4-7,10-16,19-31,34H,3,8-9,17-18H2. The summed E-state index contributed by atoms with van der Waals surface area (Å²) in [5, 5.41) is 5.54. The second kappa shape index (κ2) is 14.3. The molecule has 0 atom stereocenters. The Bertz CT molecular complexity index is 3420. The van der Waals surface area contributed by atoms with E-state index in [1.165, 1.54) is 50.6 Å². The number of para-hydroxylation sites is 1. The normalized spacial score (nSPS) is 13.6. The molecule has 0 unspecified atom stereocenters. The van der Waals surface area contributed by atoms with Crippen LogP contribution in [0.15, 0.2) is 162 Å². The molecule has 1 fully saturated rings. The maximum absolute atomic E-state index is 6.85. The molecule has 1 aliphatic carbocycles. The van der Waals surface area contributed by atoms with Crippen LogP contribution in [0.2, 0.25) is 0 Å². The first-order valence-electron chi connectivity index (χ1n) is 20.8. The molecule has 286 valence electrons. The Morgan fingerprint density at radius 1 is 0.467 bits per heavy atom. The van der Waals surface area contributed by atoms with Gasteiger partial charge in [-0.25, -0.2) is 24.9 Å². The van der Waals surface area contributed by atoms with Crippen molar-refractivity contribution in [3.05, 3.63) is 164 Å². The van der Waals surface area contributed by atoms with Crippen LogP contribution in [0.4, 0.5) is 0 Å². The molecule has 7 aromatic carbocycles. The first-order chi connectivity index (χ1) is 29.7. The predicted octanol–water partition coefficient (Wildman–Crippen LogP) is 14.5. The zero-order valence-electron chi connectivity index (χ0n) is 32.7. The van der Waals surface area contributed by atoms with E-state index in [-0.39, 0.29) is 0 Å². The molecule has 0 radical (unpaired) electrons. The van der Waals surface area contributed by atoms with Crippen molar-refractivity contribution in [1.82, 2.24) is 24.9 Å². The molecule has 12 rings (SSSR count). The summed E-state index contributed by atoms with van der Waals surface area (Å²) in [7, 11) is 0. The summed E-state index contributed by atoms with van der Waals surface area (Å²) >= 11 is 1.81. The smallest absolute Gasteiger partial charge is 0.167 e. The molecule has 11 aromatic rings. The highest BCUT2D eigenvalue weighted by molar-refractivity contribution is 7.26. The zero-order chi connectivity index (χ0) is 39.6. The number of furan rings is 1. The molecular formula is C53H37N5OS. The Morgan fingerprint density at radius 2 is 1.17 bits per heavy atom. The third kappa shape index (κ3) is 5.96. The highest BCUT2D eigenvalue weighted by Gasteiger charge is 2.24. The Labute approximate surface area is 350 Å². The molecule has 0 bridgehead atoms. The molecule has 0 aliphatic heterocycles. The van der Waals surface area contributed by atoms with Gasteiger partial charge in [0.05, 0.1) is 11.1 Å². The third-order valence-electron chi connectivity index (χ3n) is 12.2. The van der Waals surface area contributed by atoms with E-state index in [2.05, 4.69) is 115 Å². The van der Waals surface area contributed by atoms with Crippen LogP contribution in [0.1, 0.15) is 43.8 Å². The van der Waals surface area contributed by atoms with E-state index in [1.54, 1.807) is 0 Å². The molecule has 7 heteroatoms. The summed E-state index contributed by atoms with van der Waals surface area (Å²) < 4.78 is 9.29. The van der Waals surface area contributed by atoms with Crippen molar-refractivity contribution in [3.8, 4) is 56.4 Å². The molecule has 4 aromatic heterocycles. The molecule has 1 aliphatic rings. The lowest BCUT2D eigenvalue weighted by Crippen LogP contribution is -2.11. The van der Waals surface area contributed by atoms with E-state index in [1.807, 2.05) is 53.9 Å². The van der Waals surface area contributed by atoms with Gasteiger partial charge in [0, 0.05) is 59.6 Å². The monoisotopic (exact) mass is 791 g/mol. The van der Waals surface area contributed by atoms with E-state index < -0.39 is 0 Å². The van der Waals surface area contributed by atoms with E-state index >= 15 is 0 Å². The molecule has 0 spiro atoms. The van der Waals surface area contributed by atoms with Gasteiger partial charge in [0.2, 0.25) is 0 Å². The lowest BCUT2D eigenvalue weighted by molar-refractivity contribution is 0.428. The number of rotatable bonds is 6. The van der Waals surface area contributed by atoms with Crippen molar-refractivity contribution in [1.29, 1.82) is 0 Å². The zero-order valence-corrected chi connectivity index (χ0v) is 33.5. The van der Waals surface area contributed by atoms with Gasteiger partial charge < -0.3 is 4.42 Å². The number of thiophene rings is 1. The fourth-order valence-corrected chi connectivity index (χ4v) is 10.4. The Hall–Kier alpha value is -7.09. The first kappa shape index (κ1) is 34.9. The van der Waals surface area contributed by atoms with Gasteiger partial charge in [-0.3, -0.25) is 0 Å². The van der Waals surface area contributed by atoms with Gasteiger partial charge in [-0.15, -0.1) is 11.3 Å². The SMILES string of the molecule is c1ccc(-c2ccc3c(c2)sc2c(-c4nc(-c5cccc6c5oc5cc(-c7cccc8nc(-c9ccccc9)ncc78)ccc56)nc(C5CCCCC5)n4)cccc23)cc1. The van der Waals surface area contributed by atoms with Crippen molar-refractivity contribution in [3.63, 3.8) is 0 Å². The van der Waals surface area contributed by atoms with E-state index in [9.17, 15) is 0 Å². The minimum absolute atomic E-state index is 0.292. The number of hydrogen-bond acceptors (Lipinski definition) is 7. The van der Waals surface area contributed by atoms with Crippen LogP contribution in [-0.2, 0) is 0 Å². The number of fused-ring (bicyclic) bond motifs is 7. The Balaban J connectivity index is 0.984. The average molecular weight is 792 g/mol. The predicted molar refractivity (Wildman–Crippen MR) is 246 cm³/mol. The van der Waals surface area contributed by atoms with Crippen molar-refractivity contribution < 1.29 is 4.42 Å². The van der Waals surface area contributed by atoms with Crippen LogP contribution in [0.25, 0.3) is 109 Å². The Kier molecular flexibility index (Phi) is 8.33. The maximum atomic E-state index is 6.85. The molecule has 6 nitrogen and oxygen atoms in total. The fourth-order valence-electron chi connectivity index (χ4n) is 9.14.